The van der Waals surface area contributed by atoms with Gasteiger partial charge in [0.1, 0.15) is 5.82 Å². The van der Waals surface area contributed by atoms with Crippen LogP contribution in [0.15, 0.2) is 35.3 Å². The first-order valence-corrected chi connectivity index (χ1v) is 6.88. The molecule has 0 aliphatic heterocycles. The largest absolute Gasteiger partial charge is 0.292 e. The molecule has 19 heavy (non-hydrogen) atoms. The van der Waals surface area contributed by atoms with Crippen molar-refractivity contribution < 1.29 is 4.79 Å². The SMILES string of the molecule is Cc1ccc(C(=O)Cn2c(C)ncc(I)c2=O)cc1. The summed E-state index contributed by atoms with van der Waals surface area (Å²) >= 11 is 1.93. The van der Waals surface area contributed by atoms with Crippen LogP contribution >= 0.6 is 22.6 Å². The summed E-state index contributed by atoms with van der Waals surface area (Å²) in [5.41, 5.74) is 1.53. The van der Waals surface area contributed by atoms with Crippen molar-refractivity contribution in [2.75, 3.05) is 0 Å². The van der Waals surface area contributed by atoms with Crippen LogP contribution in [0.3, 0.4) is 0 Å². The summed E-state index contributed by atoms with van der Waals surface area (Å²) in [5, 5.41) is 0. The van der Waals surface area contributed by atoms with Gasteiger partial charge in [0.25, 0.3) is 5.56 Å². The molecule has 0 aliphatic carbocycles. The molecule has 1 aromatic carbocycles. The predicted octanol–water partition coefficient (Wildman–Crippen LogP) is 2.35. The van der Waals surface area contributed by atoms with Gasteiger partial charge >= 0.3 is 0 Å². The normalized spacial score (nSPS) is 10.5. The van der Waals surface area contributed by atoms with E-state index in [0.29, 0.717) is 15.0 Å². The first kappa shape index (κ1) is 13.9. The number of ketones is 1. The second kappa shape index (κ2) is 5.64. The average Bonchev–Trinajstić information content (AvgIpc) is 2.40. The van der Waals surface area contributed by atoms with Crippen LogP contribution in [-0.2, 0) is 6.54 Å². The van der Waals surface area contributed by atoms with Gasteiger partial charge in [0.05, 0.1) is 10.1 Å². The summed E-state index contributed by atoms with van der Waals surface area (Å²) in [7, 11) is 0. The van der Waals surface area contributed by atoms with Crippen molar-refractivity contribution >= 4 is 28.4 Å². The second-order valence-electron chi connectivity index (χ2n) is 4.33. The molecule has 2 aromatic rings. The third-order valence-electron chi connectivity index (χ3n) is 2.88. The molecule has 0 amide bonds. The Bertz CT molecular complexity index is 675. The molecule has 0 radical (unpaired) electrons. The molecule has 5 heteroatoms. The van der Waals surface area contributed by atoms with Gasteiger partial charge in [-0.2, -0.15) is 0 Å². The predicted molar refractivity (Wildman–Crippen MR) is 81.5 cm³/mol. The molecule has 0 atom stereocenters. The molecule has 0 unspecified atom stereocenters. The number of hydrogen-bond donors (Lipinski definition) is 0. The number of Topliss-reactive ketones (excluding diaryl/α,β-unsaturated/α-hetero) is 1. The molecule has 2 rings (SSSR count). The molecule has 0 saturated carbocycles. The number of nitrogens with zero attached hydrogens (tertiary/aromatic N) is 2. The molecule has 0 spiro atoms. The summed E-state index contributed by atoms with van der Waals surface area (Å²) in [5.74, 6) is 0.458. The Morgan fingerprint density at radius 2 is 1.89 bits per heavy atom. The molecule has 1 heterocycles. The molecule has 0 aliphatic rings. The Hall–Kier alpha value is -1.50. The van der Waals surface area contributed by atoms with E-state index in [1.165, 1.54) is 10.8 Å². The first-order chi connectivity index (χ1) is 8.99. The van der Waals surface area contributed by atoms with Crippen molar-refractivity contribution in [2.45, 2.75) is 20.4 Å². The quantitative estimate of drug-likeness (QED) is 0.618. The van der Waals surface area contributed by atoms with Crippen LogP contribution in [0.25, 0.3) is 0 Å². The molecule has 0 N–H and O–H groups in total. The topological polar surface area (TPSA) is 52.0 Å². The van der Waals surface area contributed by atoms with Gasteiger partial charge in [-0.25, -0.2) is 4.98 Å². The Kier molecular flexibility index (Phi) is 4.14. The number of rotatable bonds is 3. The van der Waals surface area contributed by atoms with E-state index in [-0.39, 0.29) is 17.9 Å². The van der Waals surface area contributed by atoms with Crippen LogP contribution in [-0.4, -0.2) is 15.3 Å². The molecule has 1 aromatic heterocycles. The van der Waals surface area contributed by atoms with Gasteiger partial charge in [0.15, 0.2) is 5.78 Å². The number of aromatic nitrogens is 2. The van der Waals surface area contributed by atoms with Crippen LogP contribution in [0.2, 0.25) is 0 Å². The molecular formula is C14H13IN2O2. The van der Waals surface area contributed by atoms with Crippen LogP contribution < -0.4 is 5.56 Å². The van der Waals surface area contributed by atoms with Gasteiger partial charge in [0.2, 0.25) is 0 Å². The van der Waals surface area contributed by atoms with Crippen molar-refractivity contribution in [2.24, 2.45) is 0 Å². The fraction of sp³-hybridized carbons (Fsp3) is 0.214. The number of carbonyl (C=O) groups is 1. The maximum Gasteiger partial charge on any atom is 0.267 e. The Morgan fingerprint density at radius 1 is 1.26 bits per heavy atom. The van der Waals surface area contributed by atoms with E-state index in [4.69, 9.17) is 0 Å². The lowest BCUT2D eigenvalue weighted by Gasteiger charge is -2.08. The number of hydrogen-bond acceptors (Lipinski definition) is 3. The van der Waals surface area contributed by atoms with E-state index in [1.54, 1.807) is 19.1 Å². The van der Waals surface area contributed by atoms with E-state index in [9.17, 15) is 9.59 Å². The monoisotopic (exact) mass is 368 g/mol. The highest BCUT2D eigenvalue weighted by Crippen LogP contribution is 2.06. The Labute approximate surface area is 124 Å². The van der Waals surface area contributed by atoms with Crippen LogP contribution in [0.1, 0.15) is 21.7 Å². The summed E-state index contributed by atoms with van der Waals surface area (Å²) < 4.78 is 1.92. The molecule has 0 saturated heterocycles. The maximum absolute atomic E-state index is 12.2. The lowest BCUT2D eigenvalue weighted by Crippen LogP contribution is -2.28. The third-order valence-corrected chi connectivity index (χ3v) is 3.62. The zero-order valence-corrected chi connectivity index (χ0v) is 12.8. The Balaban J connectivity index is 2.32. The van der Waals surface area contributed by atoms with Gasteiger partial charge in [-0.1, -0.05) is 29.8 Å². The van der Waals surface area contributed by atoms with Crippen LogP contribution in [0.5, 0.6) is 0 Å². The molecule has 0 fully saturated rings. The van der Waals surface area contributed by atoms with Crippen molar-refractivity contribution in [3.63, 3.8) is 0 Å². The fourth-order valence-electron chi connectivity index (χ4n) is 1.71. The number of aryl methyl sites for hydroxylation is 2. The molecule has 4 nitrogen and oxygen atoms in total. The van der Waals surface area contributed by atoms with Crippen molar-refractivity contribution in [3.8, 4) is 0 Å². The van der Waals surface area contributed by atoms with E-state index < -0.39 is 0 Å². The van der Waals surface area contributed by atoms with Gasteiger partial charge in [-0.05, 0) is 36.4 Å². The number of benzene rings is 1. The Morgan fingerprint density at radius 3 is 2.53 bits per heavy atom. The highest BCUT2D eigenvalue weighted by atomic mass is 127. The smallest absolute Gasteiger partial charge is 0.267 e. The summed E-state index contributed by atoms with van der Waals surface area (Å²) in [6, 6.07) is 7.32. The molecule has 98 valence electrons. The maximum atomic E-state index is 12.2. The van der Waals surface area contributed by atoms with Crippen molar-refractivity contribution in [1.29, 1.82) is 0 Å². The average molecular weight is 368 g/mol. The van der Waals surface area contributed by atoms with Gasteiger partial charge in [-0.3, -0.25) is 14.2 Å². The second-order valence-corrected chi connectivity index (χ2v) is 5.50. The van der Waals surface area contributed by atoms with E-state index in [1.807, 2.05) is 41.6 Å². The highest BCUT2D eigenvalue weighted by molar-refractivity contribution is 14.1. The van der Waals surface area contributed by atoms with Gasteiger partial charge in [0, 0.05) is 11.8 Å². The minimum atomic E-state index is -0.173. The van der Waals surface area contributed by atoms with Gasteiger partial charge < -0.3 is 0 Å². The zero-order chi connectivity index (χ0) is 14.0. The van der Waals surface area contributed by atoms with E-state index in [2.05, 4.69) is 4.98 Å². The summed E-state index contributed by atoms with van der Waals surface area (Å²) in [6.45, 7) is 3.71. The van der Waals surface area contributed by atoms with Crippen molar-refractivity contribution in [3.05, 3.63) is 61.3 Å². The molecule has 0 bridgehead atoms. The fourth-order valence-corrected chi connectivity index (χ4v) is 2.14. The first-order valence-electron chi connectivity index (χ1n) is 5.81. The highest BCUT2D eigenvalue weighted by Gasteiger charge is 2.11. The lowest BCUT2D eigenvalue weighted by atomic mass is 10.1. The van der Waals surface area contributed by atoms with E-state index in [0.717, 1.165) is 5.56 Å². The minimum Gasteiger partial charge on any atom is -0.292 e. The van der Waals surface area contributed by atoms with Gasteiger partial charge in [-0.15, -0.1) is 0 Å². The lowest BCUT2D eigenvalue weighted by molar-refractivity contribution is 0.0969. The zero-order valence-electron chi connectivity index (χ0n) is 10.7. The van der Waals surface area contributed by atoms with Crippen LogP contribution in [0.4, 0.5) is 0 Å². The van der Waals surface area contributed by atoms with E-state index >= 15 is 0 Å². The molecular weight excluding hydrogens is 355 g/mol. The minimum absolute atomic E-state index is 0.0254. The van der Waals surface area contributed by atoms with Crippen LogP contribution in [0, 0.1) is 17.4 Å². The standard InChI is InChI=1S/C14H13IN2O2/c1-9-3-5-11(6-4-9)13(18)8-17-10(2)16-7-12(15)14(17)19/h3-7H,8H2,1-2H3. The third kappa shape index (κ3) is 3.09. The van der Waals surface area contributed by atoms with Crippen molar-refractivity contribution in [1.82, 2.24) is 9.55 Å². The number of halogens is 1. The summed E-state index contributed by atoms with van der Waals surface area (Å²) in [4.78, 5) is 28.2. The number of carbonyl (C=O) groups excluding carboxylic acids is 1. The summed E-state index contributed by atoms with van der Waals surface area (Å²) in [6.07, 6.45) is 1.52.